The molecule has 0 fully saturated rings. The summed E-state index contributed by atoms with van der Waals surface area (Å²) >= 11 is 0. The van der Waals surface area contributed by atoms with Crippen molar-refractivity contribution in [1.82, 2.24) is 10.2 Å². The summed E-state index contributed by atoms with van der Waals surface area (Å²) in [5.41, 5.74) is 3.83. The van der Waals surface area contributed by atoms with E-state index in [1.807, 2.05) is 19.2 Å². The van der Waals surface area contributed by atoms with E-state index < -0.39 is 0 Å². The van der Waals surface area contributed by atoms with Gasteiger partial charge in [0.15, 0.2) is 17.5 Å². The predicted octanol–water partition coefficient (Wildman–Crippen LogP) is 2.89. The van der Waals surface area contributed by atoms with Gasteiger partial charge in [-0.1, -0.05) is 12.1 Å². The molecule has 6 heteroatoms. The maximum atomic E-state index is 5.46. The van der Waals surface area contributed by atoms with Crippen LogP contribution in [0.15, 0.2) is 41.4 Å². The van der Waals surface area contributed by atoms with Crippen LogP contribution in [0.2, 0.25) is 0 Å². The van der Waals surface area contributed by atoms with Gasteiger partial charge in [0.25, 0.3) is 0 Å². The van der Waals surface area contributed by atoms with E-state index in [4.69, 9.17) is 14.2 Å². The first kappa shape index (κ1) is 19.9. The van der Waals surface area contributed by atoms with Crippen LogP contribution in [-0.4, -0.2) is 52.3 Å². The van der Waals surface area contributed by atoms with Gasteiger partial charge in [-0.25, -0.2) is 0 Å². The van der Waals surface area contributed by atoms with Crippen LogP contribution in [0.4, 0.5) is 0 Å². The molecule has 0 aromatic heterocycles. The smallest absolute Gasteiger partial charge is 0.193 e. The Labute approximate surface area is 167 Å². The topological polar surface area (TPSA) is 55.3 Å². The van der Waals surface area contributed by atoms with Crippen LogP contribution in [0, 0.1) is 0 Å². The van der Waals surface area contributed by atoms with Crippen molar-refractivity contribution < 1.29 is 14.2 Å². The molecule has 0 saturated carbocycles. The van der Waals surface area contributed by atoms with Crippen LogP contribution in [0.5, 0.6) is 17.2 Å². The molecule has 6 nitrogen and oxygen atoms in total. The second-order valence-corrected chi connectivity index (χ2v) is 6.72. The number of fused-ring (bicyclic) bond motifs is 1. The van der Waals surface area contributed by atoms with Crippen LogP contribution < -0.4 is 19.5 Å². The molecule has 2 aromatic carbocycles. The zero-order valence-corrected chi connectivity index (χ0v) is 17.1. The summed E-state index contributed by atoms with van der Waals surface area (Å²) in [5, 5.41) is 3.49. The van der Waals surface area contributed by atoms with Gasteiger partial charge in [-0.3, -0.25) is 4.99 Å². The van der Waals surface area contributed by atoms with Gasteiger partial charge in [0, 0.05) is 26.7 Å². The zero-order chi connectivity index (χ0) is 19.9. The second kappa shape index (κ2) is 9.35. The van der Waals surface area contributed by atoms with Gasteiger partial charge in [-0.2, -0.15) is 0 Å². The molecule has 28 heavy (non-hydrogen) atoms. The van der Waals surface area contributed by atoms with E-state index in [1.54, 1.807) is 21.3 Å². The van der Waals surface area contributed by atoms with E-state index in [1.165, 1.54) is 16.7 Å². The monoisotopic (exact) mass is 383 g/mol. The fourth-order valence-corrected chi connectivity index (χ4v) is 3.51. The van der Waals surface area contributed by atoms with Crippen LogP contribution in [-0.2, 0) is 19.4 Å². The predicted molar refractivity (Wildman–Crippen MR) is 112 cm³/mol. The van der Waals surface area contributed by atoms with E-state index in [0.29, 0.717) is 0 Å². The highest BCUT2D eigenvalue weighted by Crippen LogP contribution is 2.33. The molecular formula is C22H29N3O3. The lowest BCUT2D eigenvalue weighted by Crippen LogP contribution is -2.44. The molecule has 0 bridgehead atoms. The first-order valence-electron chi connectivity index (χ1n) is 9.50. The average Bonchev–Trinajstić information content (AvgIpc) is 2.75. The molecule has 2 aromatic rings. The fourth-order valence-electron chi connectivity index (χ4n) is 3.51. The number of rotatable bonds is 6. The molecule has 0 radical (unpaired) electrons. The number of nitrogens with zero attached hydrogens (tertiary/aromatic N) is 2. The van der Waals surface area contributed by atoms with Gasteiger partial charge in [0.2, 0.25) is 0 Å². The third-order valence-electron chi connectivity index (χ3n) is 5.09. The Hall–Kier alpha value is -2.89. The number of methoxy groups -OCH3 is 3. The number of ether oxygens (including phenoxy) is 3. The summed E-state index contributed by atoms with van der Waals surface area (Å²) < 4.78 is 16.1. The van der Waals surface area contributed by atoms with Gasteiger partial charge >= 0.3 is 0 Å². The van der Waals surface area contributed by atoms with Crippen molar-refractivity contribution in [3.05, 3.63) is 53.1 Å². The van der Waals surface area contributed by atoms with Crippen molar-refractivity contribution in [1.29, 1.82) is 0 Å². The quantitative estimate of drug-likeness (QED) is 0.614. The van der Waals surface area contributed by atoms with E-state index in [-0.39, 0.29) is 0 Å². The number of aliphatic imine (C=N–C) groups is 1. The van der Waals surface area contributed by atoms with Crippen molar-refractivity contribution in [2.24, 2.45) is 4.99 Å². The molecule has 1 N–H and O–H groups in total. The van der Waals surface area contributed by atoms with Crippen LogP contribution in [0.3, 0.4) is 0 Å². The lowest BCUT2D eigenvalue weighted by atomic mass is 9.99. The normalized spacial score (nSPS) is 13.7. The lowest BCUT2D eigenvalue weighted by Gasteiger charge is -2.32. The summed E-state index contributed by atoms with van der Waals surface area (Å²) in [6, 6.07) is 12.3. The van der Waals surface area contributed by atoms with Crippen molar-refractivity contribution in [3.8, 4) is 17.2 Å². The molecule has 1 aliphatic heterocycles. The number of benzene rings is 2. The number of hydrogen-bond donors (Lipinski definition) is 1. The first-order chi connectivity index (χ1) is 13.7. The zero-order valence-electron chi connectivity index (χ0n) is 17.1. The summed E-state index contributed by atoms with van der Waals surface area (Å²) in [6.45, 7) is 2.55. The Morgan fingerprint density at radius 1 is 1.00 bits per heavy atom. The van der Waals surface area contributed by atoms with Gasteiger partial charge in [-0.05, 0) is 53.8 Å². The first-order valence-corrected chi connectivity index (χ1v) is 9.50. The summed E-state index contributed by atoms with van der Waals surface area (Å²) in [4.78, 5) is 6.76. The van der Waals surface area contributed by atoms with E-state index in [2.05, 4.69) is 39.5 Å². The molecule has 150 valence electrons. The third kappa shape index (κ3) is 4.50. The molecule has 0 aliphatic carbocycles. The molecule has 3 rings (SSSR count). The molecule has 0 amide bonds. The van der Waals surface area contributed by atoms with E-state index >= 15 is 0 Å². The fraction of sp³-hybridized carbons (Fsp3) is 0.409. The number of guanidine groups is 1. The van der Waals surface area contributed by atoms with Crippen LogP contribution in [0.1, 0.15) is 16.7 Å². The summed E-state index contributed by atoms with van der Waals surface area (Å²) in [7, 11) is 6.86. The Balaban J connectivity index is 1.61. The van der Waals surface area contributed by atoms with Crippen LogP contribution in [0.25, 0.3) is 0 Å². The Kier molecular flexibility index (Phi) is 6.63. The van der Waals surface area contributed by atoms with Gasteiger partial charge < -0.3 is 24.4 Å². The Morgan fingerprint density at radius 3 is 2.29 bits per heavy atom. The number of nitrogens with one attached hydrogen (secondary N) is 1. The molecule has 1 heterocycles. The largest absolute Gasteiger partial charge is 0.497 e. The third-order valence-corrected chi connectivity index (χ3v) is 5.09. The van der Waals surface area contributed by atoms with Gasteiger partial charge in [0.1, 0.15) is 5.75 Å². The molecule has 0 spiro atoms. The van der Waals surface area contributed by atoms with Crippen molar-refractivity contribution >= 4 is 5.96 Å². The summed E-state index contributed by atoms with van der Waals surface area (Å²) in [5.74, 6) is 3.36. The maximum Gasteiger partial charge on any atom is 0.193 e. The Morgan fingerprint density at radius 2 is 1.68 bits per heavy atom. The molecular weight excluding hydrogens is 354 g/mol. The van der Waals surface area contributed by atoms with E-state index in [9.17, 15) is 0 Å². The standard InChI is InChI=1S/C22H29N3O3/c1-23-22(24-11-9-16-5-7-19(26-2)8-6-16)25-12-10-17-13-20(27-3)21(28-4)14-18(17)15-25/h5-8,13-14H,9-12,15H2,1-4H3,(H,23,24). The highest BCUT2D eigenvalue weighted by Gasteiger charge is 2.21. The van der Waals surface area contributed by atoms with Gasteiger partial charge in [-0.15, -0.1) is 0 Å². The number of hydrogen-bond acceptors (Lipinski definition) is 4. The lowest BCUT2D eigenvalue weighted by molar-refractivity contribution is 0.346. The van der Waals surface area contributed by atoms with Crippen LogP contribution >= 0.6 is 0 Å². The average molecular weight is 383 g/mol. The molecule has 0 saturated heterocycles. The Bertz CT molecular complexity index is 819. The minimum atomic E-state index is 0.769. The minimum Gasteiger partial charge on any atom is -0.497 e. The molecule has 0 unspecified atom stereocenters. The maximum absolute atomic E-state index is 5.46. The second-order valence-electron chi connectivity index (χ2n) is 6.72. The van der Waals surface area contributed by atoms with E-state index in [0.717, 1.165) is 55.7 Å². The van der Waals surface area contributed by atoms with Crippen molar-refractivity contribution in [3.63, 3.8) is 0 Å². The van der Waals surface area contributed by atoms with Gasteiger partial charge in [0.05, 0.1) is 21.3 Å². The highest BCUT2D eigenvalue weighted by atomic mass is 16.5. The van der Waals surface area contributed by atoms with Crippen molar-refractivity contribution in [2.75, 3.05) is 41.5 Å². The SMILES string of the molecule is CN=C(NCCc1ccc(OC)cc1)N1CCc2cc(OC)c(OC)cc2C1. The van der Waals surface area contributed by atoms with Crippen molar-refractivity contribution in [2.45, 2.75) is 19.4 Å². The minimum absolute atomic E-state index is 0.769. The molecule has 0 atom stereocenters. The highest BCUT2D eigenvalue weighted by molar-refractivity contribution is 5.80. The summed E-state index contributed by atoms with van der Waals surface area (Å²) in [6.07, 6.45) is 1.88. The molecule has 1 aliphatic rings.